The van der Waals surface area contributed by atoms with Crippen molar-refractivity contribution in [3.8, 4) is 5.75 Å². The van der Waals surface area contributed by atoms with Gasteiger partial charge < -0.3 is 15.0 Å². The van der Waals surface area contributed by atoms with Crippen LogP contribution in [-0.2, 0) is 9.59 Å². The number of methoxy groups -OCH3 is 1. The van der Waals surface area contributed by atoms with Gasteiger partial charge in [0, 0.05) is 24.2 Å². The minimum Gasteiger partial charge on any atom is -0.497 e. The summed E-state index contributed by atoms with van der Waals surface area (Å²) in [7, 11) is 1.58. The summed E-state index contributed by atoms with van der Waals surface area (Å²) < 4.78 is 5.11. The van der Waals surface area contributed by atoms with Crippen molar-refractivity contribution < 1.29 is 14.3 Å². The van der Waals surface area contributed by atoms with Gasteiger partial charge in [-0.2, -0.15) is 0 Å². The molecule has 5 nitrogen and oxygen atoms in total. The van der Waals surface area contributed by atoms with Gasteiger partial charge in [-0.05, 0) is 31.4 Å². The fourth-order valence-corrected chi connectivity index (χ4v) is 2.32. The fourth-order valence-electron chi connectivity index (χ4n) is 2.32. The molecule has 1 aromatic rings. The molecule has 1 fully saturated rings. The molecule has 1 aliphatic carbocycles. The predicted octanol–water partition coefficient (Wildman–Crippen LogP) is 2.14. The first-order valence-corrected chi connectivity index (χ1v) is 7.27. The fraction of sp³-hybridized carbons (Fsp3) is 0.500. The monoisotopic (exact) mass is 290 g/mol. The van der Waals surface area contributed by atoms with Crippen molar-refractivity contribution in [1.29, 1.82) is 0 Å². The molecule has 0 saturated heterocycles. The van der Waals surface area contributed by atoms with Crippen LogP contribution in [0.5, 0.6) is 5.75 Å². The molecule has 1 aliphatic rings. The van der Waals surface area contributed by atoms with Gasteiger partial charge in [0.2, 0.25) is 11.8 Å². The average Bonchev–Trinajstić information content (AvgIpc) is 3.21. The zero-order valence-electron chi connectivity index (χ0n) is 12.8. The number of nitrogens with one attached hydrogen (secondary N) is 1. The van der Waals surface area contributed by atoms with Crippen molar-refractivity contribution in [3.05, 3.63) is 24.3 Å². The normalized spacial score (nSPS) is 19.8. The van der Waals surface area contributed by atoms with E-state index in [0.29, 0.717) is 23.9 Å². The number of anilines is 1. The molecule has 2 atom stereocenters. The Balaban J connectivity index is 1.91. The first kappa shape index (κ1) is 15.4. The van der Waals surface area contributed by atoms with Gasteiger partial charge in [0.15, 0.2) is 0 Å². The Morgan fingerprint density at radius 1 is 1.43 bits per heavy atom. The zero-order chi connectivity index (χ0) is 15.4. The molecule has 0 heterocycles. The Morgan fingerprint density at radius 3 is 2.71 bits per heavy atom. The molecule has 2 unspecified atom stereocenters. The van der Waals surface area contributed by atoms with Crippen LogP contribution < -0.4 is 10.1 Å². The van der Waals surface area contributed by atoms with E-state index in [2.05, 4.69) is 12.2 Å². The van der Waals surface area contributed by atoms with Crippen molar-refractivity contribution in [1.82, 2.24) is 4.90 Å². The third-order valence-corrected chi connectivity index (χ3v) is 3.81. The smallest absolute Gasteiger partial charge is 0.243 e. The number of benzene rings is 1. The lowest BCUT2D eigenvalue weighted by Gasteiger charge is -2.20. The van der Waals surface area contributed by atoms with E-state index in [-0.39, 0.29) is 24.3 Å². The van der Waals surface area contributed by atoms with Crippen LogP contribution in [0.15, 0.2) is 24.3 Å². The number of nitrogens with zero attached hydrogens (tertiary/aromatic N) is 1. The number of rotatable bonds is 6. The lowest BCUT2D eigenvalue weighted by Crippen LogP contribution is -2.39. The zero-order valence-corrected chi connectivity index (χ0v) is 12.8. The highest BCUT2D eigenvalue weighted by atomic mass is 16.5. The highest BCUT2D eigenvalue weighted by Gasteiger charge is 2.41. The summed E-state index contributed by atoms with van der Waals surface area (Å²) in [5.74, 6) is 1.14. The van der Waals surface area contributed by atoms with E-state index >= 15 is 0 Å². The standard InChI is InChI=1S/C16H22N2O3/c1-4-18(16(20)14-8-11(14)2)10-15(19)17-12-6-5-7-13(9-12)21-3/h5-7,9,11,14H,4,8,10H2,1-3H3,(H,17,19). The molecular weight excluding hydrogens is 268 g/mol. The highest BCUT2D eigenvalue weighted by molar-refractivity contribution is 5.95. The Labute approximate surface area is 125 Å². The van der Waals surface area contributed by atoms with E-state index in [9.17, 15) is 9.59 Å². The largest absolute Gasteiger partial charge is 0.497 e. The summed E-state index contributed by atoms with van der Waals surface area (Å²) in [5, 5.41) is 2.79. The van der Waals surface area contributed by atoms with Crippen molar-refractivity contribution in [2.24, 2.45) is 11.8 Å². The molecule has 0 bridgehead atoms. The highest BCUT2D eigenvalue weighted by Crippen LogP contribution is 2.39. The minimum atomic E-state index is -0.188. The molecule has 0 spiro atoms. The van der Waals surface area contributed by atoms with Crippen LogP contribution in [0.4, 0.5) is 5.69 Å². The average molecular weight is 290 g/mol. The topological polar surface area (TPSA) is 58.6 Å². The molecule has 0 aromatic heterocycles. The van der Waals surface area contributed by atoms with Gasteiger partial charge >= 0.3 is 0 Å². The molecule has 1 aromatic carbocycles. The van der Waals surface area contributed by atoms with Gasteiger partial charge in [0.1, 0.15) is 5.75 Å². The molecule has 0 radical (unpaired) electrons. The molecule has 21 heavy (non-hydrogen) atoms. The Morgan fingerprint density at radius 2 is 2.14 bits per heavy atom. The molecular formula is C16H22N2O3. The Kier molecular flexibility index (Phi) is 4.83. The maximum atomic E-state index is 12.2. The van der Waals surface area contributed by atoms with E-state index < -0.39 is 0 Å². The van der Waals surface area contributed by atoms with Crippen molar-refractivity contribution >= 4 is 17.5 Å². The summed E-state index contributed by atoms with van der Waals surface area (Å²) in [5.41, 5.74) is 0.669. The van der Waals surface area contributed by atoms with Crippen LogP contribution in [0.2, 0.25) is 0 Å². The van der Waals surface area contributed by atoms with E-state index in [4.69, 9.17) is 4.74 Å². The summed E-state index contributed by atoms with van der Waals surface area (Å²) in [4.78, 5) is 25.8. The molecule has 5 heteroatoms. The van der Waals surface area contributed by atoms with Crippen molar-refractivity contribution in [3.63, 3.8) is 0 Å². The molecule has 1 saturated carbocycles. The summed E-state index contributed by atoms with van der Waals surface area (Å²) in [6, 6.07) is 7.16. The van der Waals surface area contributed by atoms with E-state index in [0.717, 1.165) is 6.42 Å². The first-order valence-electron chi connectivity index (χ1n) is 7.27. The van der Waals surface area contributed by atoms with Gasteiger partial charge in [-0.15, -0.1) is 0 Å². The third-order valence-electron chi connectivity index (χ3n) is 3.81. The predicted molar refractivity (Wildman–Crippen MR) is 81.1 cm³/mol. The van der Waals surface area contributed by atoms with E-state index in [1.807, 2.05) is 19.1 Å². The number of carbonyl (C=O) groups is 2. The molecule has 2 rings (SSSR count). The van der Waals surface area contributed by atoms with Crippen LogP contribution in [0.25, 0.3) is 0 Å². The number of ether oxygens (including phenoxy) is 1. The maximum Gasteiger partial charge on any atom is 0.243 e. The van der Waals surface area contributed by atoms with Crippen LogP contribution >= 0.6 is 0 Å². The number of likely N-dealkylation sites (N-methyl/N-ethyl adjacent to an activating group) is 1. The number of hydrogen-bond donors (Lipinski definition) is 1. The molecule has 1 N–H and O–H groups in total. The summed E-state index contributed by atoms with van der Waals surface area (Å²) in [6.45, 7) is 4.60. The van der Waals surface area contributed by atoms with Gasteiger partial charge in [-0.1, -0.05) is 13.0 Å². The molecule has 0 aliphatic heterocycles. The Bertz CT molecular complexity index is 530. The van der Waals surface area contributed by atoms with Crippen molar-refractivity contribution in [2.75, 3.05) is 25.5 Å². The SMILES string of the molecule is CCN(CC(=O)Nc1cccc(OC)c1)C(=O)C1CC1C. The van der Waals surface area contributed by atoms with E-state index in [1.54, 1.807) is 24.1 Å². The van der Waals surface area contributed by atoms with Crippen LogP contribution in [0, 0.1) is 11.8 Å². The lowest BCUT2D eigenvalue weighted by atomic mass is 10.2. The second-order valence-corrected chi connectivity index (χ2v) is 5.45. The van der Waals surface area contributed by atoms with Crippen LogP contribution in [0.3, 0.4) is 0 Å². The van der Waals surface area contributed by atoms with Crippen LogP contribution in [-0.4, -0.2) is 36.9 Å². The first-order chi connectivity index (χ1) is 10.0. The second-order valence-electron chi connectivity index (χ2n) is 5.45. The molecule has 114 valence electrons. The minimum absolute atomic E-state index is 0.0887. The second kappa shape index (κ2) is 6.61. The van der Waals surface area contributed by atoms with Gasteiger partial charge in [-0.25, -0.2) is 0 Å². The van der Waals surface area contributed by atoms with Crippen molar-refractivity contribution in [2.45, 2.75) is 20.3 Å². The van der Waals surface area contributed by atoms with Crippen LogP contribution in [0.1, 0.15) is 20.3 Å². The van der Waals surface area contributed by atoms with Gasteiger partial charge in [0.05, 0.1) is 13.7 Å². The lowest BCUT2D eigenvalue weighted by molar-refractivity contribution is -0.135. The summed E-state index contributed by atoms with van der Waals surface area (Å²) in [6.07, 6.45) is 0.937. The maximum absolute atomic E-state index is 12.2. The van der Waals surface area contributed by atoms with Gasteiger partial charge in [-0.3, -0.25) is 9.59 Å². The number of hydrogen-bond acceptors (Lipinski definition) is 3. The Hall–Kier alpha value is -2.04. The quantitative estimate of drug-likeness (QED) is 0.873. The van der Waals surface area contributed by atoms with Gasteiger partial charge in [0.25, 0.3) is 0 Å². The van der Waals surface area contributed by atoms with E-state index in [1.165, 1.54) is 0 Å². The third kappa shape index (κ3) is 3.97. The summed E-state index contributed by atoms with van der Waals surface area (Å²) >= 11 is 0. The molecule has 2 amide bonds. The number of carbonyl (C=O) groups excluding carboxylic acids is 2. The number of amides is 2.